The molecule has 1 atom stereocenters. The molecule has 0 radical (unpaired) electrons. The lowest BCUT2D eigenvalue weighted by molar-refractivity contribution is -0.108. The number of allylic oxidation sites excluding steroid dienone is 4. The van der Waals surface area contributed by atoms with Crippen molar-refractivity contribution in [3.05, 3.63) is 84.2 Å². The van der Waals surface area contributed by atoms with Gasteiger partial charge >= 0.3 is 0 Å². The molecule has 2 nitrogen and oxygen atoms in total. The van der Waals surface area contributed by atoms with Gasteiger partial charge in [0.25, 0.3) is 0 Å². The molecular weight excluding hydrogens is 279 g/mol. The summed E-state index contributed by atoms with van der Waals surface area (Å²) in [5.41, 5.74) is 0. The number of hydrogen-bond acceptors (Lipinski definition) is 2. The lowest BCUT2D eigenvalue weighted by Gasteiger charge is -2.23. The largest absolute Gasteiger partial charge is 0.309 e. The van der Waals surface area contributed by atoms with Crippen LogP contribution in [0.2, 0.25) is 0 Å². The molecule has 0 N–H and O–H groups in total. The molecule has 0 aliphatic heterocycles. The van der Waals surface area contributed by atoms with Crippen LogP contribution in [0.15, 0.2) is 84.2 Å². The zero-order valence-corrected chi connectivity index (χ0v) is 12.3. The molecule has 3 heteroatoms. The molecule has 3 rings (SSSR count). The van der Waals surface area contributed by atoms with Crippen molar-refractivity contribution in [2.45, 2.75) is 0 Å². The SMILES string of the molecule is O=CC1C=CC=C1P(=O)(c1ccccc1)c1ccccc1. The highest BCUT2D eigenvalue weighted by Crippen LogP contribution is 2.55. The third kappa shape index (κ3) is 2.32. The van der Waals surface area contributed by atoms with E-state index in [4.69, 9.17) is 0 Å². The summed E-state index contributed by atoms with van der Waals surface area (Å²) < 4.78 is 13.9. The number of hydrogen-bond donors (Lipinski definition) is 0. The third-order valence-electron chi connectivity index (χ3n) is 3.68. The number of benzene rings is 2. The van der Waals surface area contributed by atoms with Crippen LogP contribution in [-0.4, -0.2) is 6.29 Å². The minimum Gasteiger partial charge on any atom is -0.309 e. The van der Waals surface area contributed by atoms with E-state index in [0.29, 0.717) is 5.31 Å². The van der Waals surface area contributed by atoms with Crippen LogP contribution in [0.25, 0.3) is 0 Å². The molecule has 0 amide bonds. The second kappa shape index (κ2) is 5.67. The molecular formula is C18H15O2P. The molecule has 104 valence electrons. The van der Waals surface area contributed by atoms with Crippen LogP contribution in [0.3, 0.4) is 0 Å². The van der Waals surface area contributed by atoms with Crippen LogP contribution in [0.5, 0.6) is 0 Å². The Morgan fingerprint density at radius 1 is 0.857 bits per heavy atom. The Labute approximate surface area is 124 Å². The molecule has 0 spiro atoms. The third-order valence-corrected chi connectivity index (χ3v) is 6.90. The van der Waals surface area contributed by atoms with Gasteiger partial charge in [0.15, 0.2) is 7.14 Å². The summed E-state index contributed by atoms with van der Waals surface area (Å²) in [4.78, 5) is 11.3. The van der Waals surface area contributed by atoms with E-state index in [-0.39, 0.29) is 0 Å². The number of aldehydes is 1. The van der Waals surface area contributed by atoms with Crippen molar-refractivity contribution in [3.63, 3.8) is 0 Å². The second-order valence-corrected chi connectivity index (χ2v) is 7.69. The fourth-order valence-electron chi connectivity index (χ4n) is 2.64. The van der Waals surface area contributed by atoms with Crippen molar-refractivity contribution >= 4 is 24.0 Å². The van der Waals surface area contributed by atoms with E-state index < -0.39 is 13.1 Å². The van der Waals surface area contributed by atoms with Crippen molar-refractivity contribution in [1.29, 1.82) is 0 Å². The van der Waals surface area contributed by atoms with Gasteiger partial charge in [0.2, 0.25) is 0 Å². The Kier molecular flexibility index (Phi) is 3.72. The molecule has 1 aliphatic rings. The van der Waals surface area contributed by atoms with Gasteiger partial charge in [-0.25, -0.2) is 0 Å². The van der Waals surface area contributed by atoms with Gasteiger partial charge in [-0.1, -0.05) is 78.9 Å². The maximum absolute atomic E-state index is 13.9. The Morgan fingerprint density at radius 2 is 1.38 bits per heavy atom. The number of rotatable bonds is 4. The minimum absolute atomic E-state index is 0.406. The first-order valence-corrected chi connectivity index (χ1v) is 8.53. The van der Waals surface area contributed by atoms with E-state index in [0.717, 1.165) is 16.9 Å². The Morgan fingerprint density at radius 3 is 1.86 bits per heavy atom. The zero-order valence-electron chi connectivity index (χ0n) is 11.4. The first-order chi connectivity index (χ1) is 10.3. The molecule has 0 saturated heterocycles. The van der Waals surface area contributed by atoms with Gasteiger partial charge in [-0.15, -0.1) is 0 Å². The van der Waals surface area contributed by atoms with Crippen LogP contribution >= 0.6 is 7.14 Å². The monoisotopic (exact) mass is 294 g/mol. The quantitative estimate of drug-likeness (QED) is 0.640. The molecule has 21 heavy (non-hydrogen) atoms. The lowest BCUT2D eigenvalue weighted by Crippen LogP contribution is -2.20. The van der Waals surface area contributed by atoms with E-state index in [1.165, 1.54) is 0 Å². The standard InChI is InChI=1S/C18H15O2P/c19-14-15-8-7-13-18(15)21(20,16-9-3-1-4-10-16)17-11-5-2-6-12-17/h1-15H. The van der Waals surface area contributed by atoms with Crippen molar-refractivity contribution in [2.75, 3.05) is 0 Å². The van der Waals surface area contributed by atoms with Gasteiger partial charge in [-0.05, 0) is 0 Å². The number of carbonyl (C=O) groups is 1. The summed E-state index contributed by atoms with van der Waals surface area (Å²) in [5.74, 6) is -0.406. The van der Waals surface area contributed by atoms with Crippen LogP contribution in [0.1, 0.15) is 0 Å². The maximum atomic E-state index is 13.9. The average molecular weight is 294 g/mol. The molecule has 1 unspecified atom stereocenters. The molecule has 0 saturated carbocycles. The summed E-state index contributed by atoms with van der Waals surface area (Å²) in [6.07, 6.45) is 6.28. The summed E-state index contributed by atoms with van der Waals surface area (Å²) >= 11 is 0. The predicted octanol–water partition coefficient (Wildman–Crippen LogP) is 3.27. The molecule has 0 heterocycles. The first-order valence-electron chi connectivity index (χ1n) is 6.82. The lowest BCUT2D eigenvalue weighted by atomic mass is 10.2. The van der Waals surface area contributed by atoms with Crippen molar-refractivity contribution in [3.8, 4) is 0 Å². The second-order valence-electron chi connectivity index (χ2n) is 4.92. The van der Waals surface area contributed by atoms with Gasteiger partial charge in [-0.3, -0.25) is 0 Å². The fourth-order valence-corrected chi connectivity index (χ4v) is 5.58. The normalized spacial score (nSPS) is 17.5. The van der Waals surface area contributed by atoms with Gasteiger partial charge in [0.1, 0.15) is 6.29 Å². The topological polar surface area (TPSA) is 34.1 Å². The summed E-state index contributed by atoms with van der Waals surface area (Å²) in [6, 6.07) is 18.8. The van der Waals surface area contributed by atoms with Crippen molar-refractivity contribution < 1.29 is 9.36 Å². The minimum atomic E-state index is -2.98. The zero-order chi connectivity index (χ0) is 14.7. The molecule has 0 bridgehead atoms. The molecule has 2 aromatic carbocycles. The van der Waals surface area contributed by atoms with E-state index >= 15 is 0 Å². The Hall–Kier alpha value is -2.18. The first kappa shape index (κ1) is 13.8. The summed E-state index contributed by atoms with van der Waals surface area (Å²) in [7, 11) is -2.98. The summed E-state index contributed by atoms with van der Waals surface area (Å²) in [6.45, 7) is 0. The smallest absolute Gasteiger partial charge is 0.168 e. The molecule has 1 aliphatic carbocycles. The van der Waals surface area contributed by atoms with Gasteiger partial charge in [0, 0.05) is 15.9 Å². The van der Waals surface area contributed by atoms with E-state index in [9.17, 15) is 9.36 Å². The Balaban J connectivity index is 2.22. The van der Waals surface area contributed by atoms with Crippen LogP contribution in [-0.2, 0) is 9.36 Å². The highest BCUT2D eigenvalue weighted by atomic mass is 31.2. The molecule has 2 aromatic rings. The van der Waals surface area contributed by atoms with E-state index in [1.807, 2.05) is 72.8 Å². The highest BCUT2D eigenvalue weighted by molar-refractivity contribution is 7.82. The summed E-state index contributed by atoms with van der Waals surface area (Å²) in [5, 5.41) is 2.21. The molecule has 0 fully saturated rings. The van der Waals surface area contributed by atoms with Gasteiger partial charge in [-0.2, -0.15) is 0 Å². The number of carbonyl (C=O) groups excluding carboxylic acids is 1. The fraction of sp³-hybridized carbons (Fsp3) is 0.0556. The van der Waals surface area contributed by atoms with Gasteiger partial charge < -0.3 is 9.36 Å². The highest BCUT2D eigenvalue weighted by Gasteiger charge is 2.36. The van der Waals surface area contributed by atoms with Gasteiger partial charge in [0.05, 0.1) is 5.92 Å². The van der Waals surface area contributed by atoms with Crippen LogP contribution < -0.4 is 10.6 Å². The molecule has 0 aromatic heterocycles. The maximum Gasteiger partial charge on any atom is 0.168 e. The van der Waals surface area contributed by atoms with E-state index in [1.54, 1.807) is 6.08 Å². The predicted molar refractivity (Wildman–Crippen MR) is 86.5 cm³/mol. The van der Waals surface area contributed by atoms with Crippen LogP contribution in [0.4, 0.5) is 0 Å². The van der Waals surface area contributed by atoms with Crippen molar-refractivity contribution in [1.82, 2.24) is 0 Å². The van der Waals surface area contributed by atoms with E-state index in [2.05, 4.69) is 0 Å². The van der Waals surface area contributed by atoms with Crippen molar-refractivity contribution in [2.24, 2.45) is 5.92 Å². The Bertz CT molecular complexity index is 702. The average Bonchev–Trinajstić information content (AvgIpc) is 3.05. The van der Waals surface area contributed by atoms with Crippen LogP contribution in [0, 0.1) is 5.92 Å².